The van der Waals surface area contributed by atoms with Gasteiger partial charge in [0.15, 0.2) is 0 Å². The zero-order chi connectivity index (χ0) is 8.27. The number of nitrogens with two attached hydrogens (primary N) is 2. The molecule has 0 spiro atoms. The molecule has 1 heterocycles. The summed E-state index contributed by atoms with van der Waals surface area (Å²) in [5.41, 5.74) is 8.14. The van der Waals surface area contributed by atoms with Gasteiger partial charge >= 0.3 is 0 Å². The van der Waals surface area contributed by atoms with Crippen LogP contribution in [-0.2, 0) is 0 Å². The summed E-state index contributed by atoms with van der Waals surface area (Å²) in [6.45, 7) is 0. The minimum Gasteiger partial charge on any atom is -0.364 e. The molecule has 0 aliphatic carbocycles. The van der Waals surface area contributed by atoms with Crippen molar-refractivity contribution >= 4 is 24.0 Å². The normalized spacial score (nSPS) is 8.42. The van der Waals surface area contributed by atoms with Crippen LogP contribution in [0.2, 0.25) is 0 Å². The summed E-state index contributed by atoms with van der Waals surface area (Å²) in [6, 6.07) is 3.11. The molecular formula is C6H9ClN4O. The number of amides is 1. The molecule has 1 rings (SSSR count). The average Bonchev–Trinajstić information content (AvgIpc) is 2.05. The van der Waals surface area contributed by atoms with E-state index in [0.29, 0.717) is 5.69 Å². The van der Waals surface area contributed by atoms with Gasteiger partial charge in [0.05, 0.1) is 5.69 Å². The van der Waals surface area contributed by atoms with Crippen LogP contribution in [0, 0.1) is 0 Å². The van der Waals surface area contributed by atoms with Crippen LogP contribution in [0.5, 0.6) is 0 Å². The Labute approximate surface area is 75.5 Å². The van der Waals surface area contributed by atoms with E-state index < -0.39 is 5.91 Å². The predicted molar refractivity (Wildman–Crippen MR) is 47.8 cm³/mol. The lowest BCUT2D eigenvalue weighted by Crippen LogP contribution is -2.14. The number of nitrogen functional groups attached to an aromatic ring is 1. The highest BCUT2D eigenvalue weighted by Gasteiger charge is 2.00. The van der Waals surface area contributed by atoms with E-state index in [0.717, 1.165) is 0 Å². The number of hydrogen-bond donors (Lipinski definition) is 3. The van der Waals surface area contributed by atoms with Crippen LogP contribution in [0.1, 0.15) is 10.5 Å². The topological polar surface area (TPSA) is 94.0 Å². The summed E-state index contributed by atoms with van der Waals surface area (Å²) >= 11 is 0. The highest BCUT2D eigenvalue weighted by molar-refractivity contribution is 5.91. The number of aromatic nitrogens is 1. The van der Waals surface area contributed by atoms with Crippen LogP contribution in [0.4, 0.5) is 5.69 Å². The second kappa shape index (κ2) is 4.53. The summed E-state index contributed by atoms with van der Waals surface area (Å²) in [4.78, 5) is 14.3. The van der Waals surface area contributed by atoms with E-state index in [2.05, 4.69) is 10.4 Å². The molecule has 0 atom stereocenters. The zero-order valence-corrected chi connectivity index (χ0v) is 6.97. The van der Waals surface area contributed by atoms with Gasteiger partial charge in [-0.15, -0.1) is 12.4 Å². The molecule has 0 unspecified atom stereocenters. The fourth-order valence-corrected chi connectivity index (χ4v) is 0.655. The third-order valence-corrected chi connectivity index (χ3v) is 1.18. The summed E-state index contributed by atoms with van der Waals surface area (Å²) in [6.07, 6.45) is 1.45. The Bertz CT molecular complexity index is 278. The van der Waals surface area contributed by atoms with Crippen molar-refractivity contribution in [2.24, 2.45) is 11.6 Å². The van der Waals surface area contributed by atoms with Gasteiger partial charge in [-0.05, 0) is 12.1 Å². The number of primary amides is 1. The molecule has 0 aliphatic rings. The maximum absolute atomic E-state index is 10.6. The molecule has 0 aliphatic heterocycles. The average molecular weight is 189 g/mol. The van der Waals surface area contributed by atoms with E-state index in [1.807, 2.05) is 0 Å². The first-order valence-electron chi connectivity index (χ1n) is 2.96. The molecule has 66 valence electrons. The number of halogens is 1. The maximum atomic E-state index is 10.6. The zero-order valence-electron chi connectivity index (χ0n) is 6.15. The molecule has 0 fully saturated rings. The molecule has 1 amide bonds. The smallest absolute Gasteiger partial charge is 0.267 e. The molecule has 0 bridgehead atoms. The second-order valence-electron chi connectivity index (χ2n) is 1.94. The number of rotatable bonds is 2. The molecule has 5 N–H and O–H groups in total. The Morgan fingerprint density at radius 2 is 2.25 bits per heavy atom. The Balaban J connectivity index is 0.00000121. The quantitative estimate of drug-likeness (QED) is 0.446. The lowest BCUT2D eigenvalue weighted by atomic mass is 10.3. The van der Waals surface area contributed by atoms with Crippen molar-refractivity contribution in [2.75, 3.05) is 5.43 Å². The minimum absolute atomic E-state index is 0. The number of hydrogen-bond acceptors (Lipinski definition) is 4. The molecule has 1 aromatic heterocycles. The largest absolute Gasteiger partial charge is 0.364 e. The molecule has 0 saturated heterocycles. The first-order chi connectivity index (χ1) is 5.24. The van der Waals surface area contributed by atoms with Gasteiger partial charge in [0.25, 0.3) is 5.91 Å². The van der Waals surface area contributed by atoms with Crippen LogP contribution in [0.15, 0.2) is 18.3 Å². The predicted octanol–water partition coefficient (Wildman–Crippen LogP) is -0.112. The first-order valence-corrected chi connectivity index (χ1v) is 2.96. The van der Waals surface area contributed by atoms with Gasteiger partial charge < -0.3 is 11.2 Å². The Hall–Kier alpha value is -1.33. The molecule has 5 nitrogen and oxygen atoms in total. The molecular weight excluding hydrogens is 180 g/mol. The van der Waals surface area contributed by atoms with Gasteiger partial charge in [0, 0.05) is 6.20 Å². The number of hydrazine groups is 1. The van der Waals surface area contributed by atoms with Crippen LogP contribution < -0.4 is 17.0 Å². The number of carbonyl (C=O) groups is 1. The third kappa shape index (κ3) is 2.37. The van der Waals surface area contributed by atoms with Crippen LogP contribution in [0.3, 0.4) is 0 Å². The van der Waals surface area contributed by atoms with Crippen LogP contribution >= 0.6 is 12.4 Å². The summed E-state index contributed by atoms with van der Waals surface area (Å²) in [7, 11) is 0. The fourth-order valence-electron chi connectivity index (χ4n) is 0.655. The van der Waals surface area contributed by atoms with Crippen molar-refractivity contribution < 1.29 is 4.79 Å². The van der Waals surface area contributed by atoms with Crippen molar-refractivity contribution in [1.82, 2.24) is 4.98 Å². The van der Waals surface area contributed by atoms with Gasteiger partial charge in [0.2, 0.25) is 0 Å². The van der Waals surface area contributed by atoms with Gasteiger partial charge in [0.1, 0.15) is 5.69 Å². The van der Waals surface area contributed by atoms with Crippen molar-refractivity contribution in [3.63, 3.8) is 0 Å². The standard InChI is InChI=1S/C6H8N4O.ClH/c7-6(11)5-3-4(10-8)1-2-9-5;/h1-3H,8H2,(H2,7,11)(H,9,10);1H. The van der Waals surface area contributed by atoms with Gasteiger partial charge in [-0.3, -0.25) is 15.6 Å². The van der Waals surface area contributed by atoms with E-state index >= 15 is 0 Å². The highest BCUT2D eigenvalue weighted by Crippen LogP contribution is 2.04. The lowest BCUT2D eigenvalue weighted by molar-refractivity contribution is 0.0995. The van der Waals surface area contributed by atoms with Crippen molar-refractivity contribution in [2.45, 2.75) is 0 Å². The second-order valence-corrected chi connectivity index (χ2v) is 1.94. The van der Waals surface area contributed by atoms with E-state index in [1.165, 1.54) is 12.3 Å². The highest BCUT2D eigenvalue weighted by atomic mass is 35.5. The SMILES string of the molecule is Cl.NNc1ccnc(C(N)=O)c1. The molecule has 12 heavy (non-hydrogen) atoms. The van der Waals surface area contributed by atoms with E-state index in [4.69, 9.17) is 11.6 Å². The number of nitrogens with zero attached hydrogens (tertiary/aromatic N) is 1. The first kappa shape index (κ1) is 10.7. The van der Waals surface area contributed by atoms with Gasteiger partial charge in [-0.1, -0.05) is 0 Å². The number of nitrogens with one attached hydrogen (secondary N) is 1. The van der Waals surface area contributed by atoms with Gasteiger partial charge in [-0.25, -0.2) is 0 Å². The van der Waals surface area contributed by atoms with Crippen LogP contribution in [-0.4, -0.2) is 10.9 Å². The number of pyridine rings is 1. The van der Waals surface area contributed by atoms with E-state index in [9.17, 15) is 4.79 Å². The summed E-state index contributed by atoms with van der Waals surface area (Å²) < 4.78 is 0. The Morgan fingerprint density at radius 3 is 2.75 bits per heavy atom. The summed E-state index contributed by atoms with van der Waals surface area (Å²) in [5, 5.41) is 0. The Kier molecular flexibility index (Phi) is 4.03. The monoisotopic (exact) mass is 188 g/mol. The maximum Gasteiger partial charge on any atom is 0.267 e. The van der Waals surface area contributed by atoms with E-state index in [1.54, 1.807) is 6.07 Å². The van der Waals surface area contributed by atoms with E-state index in [-0.39, 0.29) is 18.1 Å². The molecule has 0 radical (unpaired) electrons. The van der Waals surface area contributed by atoms with Crippen molar-refractivity contribution in [3.8, 4) is 0 Å². The number of anilines is 1. The Morgan fingerprint density at radius 1 is 1.58 bits per heavy atom. The number of carbonyl (C=O) groups excluding carboxylic acids is 1. The molecule has 1 aromatic rings. The molecule has 0 saturated carbocycles. The molecule has 0 aromatic carbocycles. The van der Waals surface area contributed by atoms with Crippen molar-refractivity contribution in [1.29, 1.82) is 0 Å². The van der Waals surface area contributed by atoms with Crippen molar-refractivity contribution in [3.05, 3.63) is 24.0 Å². The summed E-state index contributed by atoms with van der Waals surface area (Å²) in [5.74, 6) is 4.52. The lowest BCUT2D eigenvalue weighted by Gasteiger charge is -1.99. The minimum atomic E-state index is -0.568. The fraction of sp³-hybridized carbons (Fsp3) is 0. The van der Waals surface area contributed by atoms with Gasteiger partial charge in [-0.2, -0.15) is 0 Å². The van der Waals surface area contributed by atoms with Crippen LogP contribution in [0.25, 0.3) is 0 Å². The molecule has 6 heteroatoms. The third-order valence-electron chi connectivity index (χ3n) is 1.18.